The topological polar surface area (TPSA) is 88.6 Å². The number of anilines is 2. The standard InChI is InChI=1S/C18H26N6O/c1-22(2)17-5-3-16(4-6-17)21-14-15(13-20)18(25)24-11-9-23(8-7-19)10-12-24/h3-6,14,21H,7-12,19H2,1-2H3/b15-14-. The summed E-state index contributed by atoms with van der Waals surface area (Å²) < 4.78 is 0. The second kappa shape index (κ2) is 9.06. The highest BCUT2D eigenvalue weighted by Crippen LogP contribution is 2.16. The van der Waals surface area contributed by atoms with Crippen LogP contribution in [0.4, 0.5) is 11.4 Å². The first-order chi connectivity index (χ1) is 12.0. The molecule has 0 atom stereocenters. The predicted octanol–water partition coefficient (Wildman–Crippen LogP) is 0.675. The third-order valence-electron chi connectivity index (χ3n) is 4.22. The minimum atomic E-state index is -0.229. The molecule has 7 nitrogen and oxygen atoms in total. The summed E-state index contributed by atoms with van der Waals surface area (Å²) >= 11 is 0. The second-order valence-corrected chi connectivity index (χ2v) is 6.18. The molecule has 1 heterocycles. The lowest BCUT2D eigenvalue weighted by atomic mass is 10.2. The first kappa shape index (κ1) is 18.8. The summed E-state index contributed by atoms with van der Waals surface area (Å²) in [4.78, 5) is 18.5. The Hall–Kier alpha value is -2.56. The zero-order valence-corrected chi connectivity index (χ0v) is 14.9. The van der Waals surface area contributed by atoms with Gasteiger partial charge in [0.2, 0.25) is 0 Å². The van der Waals surface area contributed by atoms with Crippen LogP contribution in [-0.4, -0.2) is 69.1 Å². The molecule has 7 heteroatoms. The first-order valence-electron chi connectivity index (χ1n) is 8.41. The van der Waals surface area contributed by atoms with Gasteiger partial charge >= 0.3 is 0 Å². The van der Waals surface area contributed by atoms with Gasteiger partial charge in [-0.05, 0) is 24.3 Å². The van der Waals surface area contributed by atoms with Crippen molar-refractivity contribution in [3.05, 3.63) is 36.0 Å². The number of rotatable bonds is 6. The number of nitrogens with zero attached hydrogens (tertiary/aromatic N) is 4. The number of piperazine rings is 1. The summed E-state index contributed by atoms with van der Waals surface area (Å²) in [6, 6.07) is 9.77. The number of amides is 1. The highest BCUT2D eigenvalue weighted by atomic mass is 16.2. The van der Waals surface area contributed by atoms with E-state index in [-0.39, 0.29) is 11.5 Å². The molecular weight excluding hydrogens is 316 g/mol. The van der Waals surface area contributed by atoms with Crippen LogP contribution in [-0.2, 0) is 4.79 Å². The minimum absolute atomic E-state index is 0.115. The molecular formula is C18H26N6O. The Labute approximate surface area is 149 Å². The SMILES string of the molecule is CN(C)c1ccc(N/C=C(/C#N)C(=O)N2CCN(CCN)CC2)cc1. The molecule has 25 heavy (non-hydrogen) atoms. The van der Waals surface area contributed by atoms with E-state index in [1.165, 1.54) is 6.20 Å². The van der Waals surface area contributed by atoms with E-state index in [2.05, 4.69) is 10.2 Å². The molecule has 0 aliphatic carbocycles. The fourth-order valence-electron chi connectivity index (χ4n) is 2.68. The molecule has 1 aliphatic rings. The highest BCUT2D eigenvalue weighted by molar-refractivity contribution is 5.97. The lowest BCUT2D eigenvalue weighted by Gasteiger charge is -2.34. The van der Waals surface area contributed by atoms with Crippen LogP contribution >= 0.6 is 0 Å². The molecule has 1 fully saturated rings. The molecule has 1 aromatic rings. The molecule has 2 rings (SSSR count). The number of nitriles is 1. The lowest BCUT2D eigenvalue weighted by molar-refractivity contribution is -0.128. The van der Waals surface area contributed by atoms with E-state index in [1.54, 1.807) is 4.90 Å². The van der Waals surface area contributed by atoms with Crippen LogP contribution in [0.5, 0.6) is 0 Å². The van der Waals surface area contributed by atoms with Gasteiger partial charge in [0, 0.05) is 70.9 Å². The van der Waals surface area contributed by atoms with Gasteiger partial charge in [-0.1, -0.05) is 0 Å². The maximum Gasteiger partial charge on any atom is 0.266 e. The van der Waals surface area contributed by atoms with Crippen molar-refractivity contribution in [1.29, 1.82) is 5.26 Å². The Bertz CT molecular complexity index is 639. The van der Waals surface area contributed by atoms with Crippen molar-refractivity contribution in [3.63, 3.8) is 0 Å². The molecule has 0 saturated carbocycles. The molecule has 3 N–H and O–H groups in total. The van der Waals surface area contributed by atoms with Crippen molar-refractivity contribution < 1.29 is 4.79 Å². The van der Waals surface area contributed by atoms with E-state index in [0.29, 0.717) is 19.6 Å². The van der Waals surface area contributed by atoms with Crippen molar-refractivity contribution >= 4 is 17.3 Å². The largest absolute Gasteiger partial charge is 0.378 e. The summed E-state index contributed by atoms with van der Waals surface area (Å²) in [5.74, 6) is -0.229. The predicted molar refractivity (Wildman–Crippen MR) is 100 cm³/mol. The Morgan fingerprint density at radius 3 is 2.44 bits per heavy atom. The van der Waals surface area contributed by atoms with E-state index in [1.807, 2.05) is 49.3 Å². The summed E-state index contributed by atoms with van der Waals surface area (Å²) in [5.41, 5.74) is 7.59. The number of nitrogens with two attached hydrogens (primary N) is 1. The molecule has 1 amide bonds. The van der Waals surface area contributed by atoms with Gasteiger partial charge in [-0.3, -0.25) is 9.69 Å². The van der Waals surface area contributed by atoms with Gasteiger partial charge in [-0.15, -0.1) is 0 Å². The van der Waals surface area contributed by atoms with Crippen LogP contribution in [0.15, 0.2) is 36.0 Å². The maximum absolute atomic E-state index is 12.5. The van der Waals surface area contributed by atoms with Crippen molar-refractivity contribution in [2.45, 2.75) is 0 Å². The van der Waals surface area contributed by atoms with Crippen LogP contribution in [0.1, 0.15) is 0 Å². The third-order valence-corrected chi connectivity index (χ3v) is 4.22. The van der Waals surface area contributed by atoms with Crippen LogP contribution < -0.4 is 16.0 Å². The van der Waals surface area contributed by atoms with Crippen molar-refractivity contribution in [2.75, 3.05) is 63.6 Å². The number of hydrogen-bond donors (Lipinski definition) is 2. The van der Waals surface area contributed by atoms with Crippen LogP contribution in [0.2, 0.25) is 0 Å². The van der Waals surface area contributed by atoms with Gasteiger partial charge in [0.15, 0.2) is 0 Å². The zero-order valence-electron chi connectivity index (χ0n) is 14.9. The van der Waals surface area contributed by atoms with E-state index < -0.39 is 0 Å². The van der Waals surface area contributed by atoms with Gasteiger partial charge in [-0.25, -0.2) is 0 Å². The quantitative estimate of drug-likeness (QED) is 0.584. The van der Waals surface area contributed by atoms with Gasteiger partial charge in [-0.2, -0.15) is 5.26 Å². The maximum atomic E-state index is 12.5. The molecule has 1 aromatic carbocycles. The number of benzene rings is 1. The first-order valence-corrected chi connectivity index (χ1v) is 8.41. The number of nitrogens with one attached hydrogen (secondary N) is 1. The fourth-order valence-corrected chi connectivity index (χ4v) is 2.68. The van der Waals surface area contributed by atoms with Crippen LogP contribution in [0, 0.1) is 11.3 Å². The van der Waals surface area contributed by atoms with Crippen LogP contribution in [0.3, 0.4) is 0 Å². The van der Waals surface area contributed by atoms with Gasteiger partial charge < -0.3 is 20.9 Å². The Balaban J connectivity index is 1.95. The zero-order chi connectivity index (χ0) is 18.2. The molecule has 0 bridgehead atoms. The Morgan fingerprint density at radius 1 is 1.28 bits per heavy atom. The number of carbonyl (C=O) groups is 1. The summed E-state index contributed by atoms with van der Waals surface area (Å²) in [5, 5.41) is 12.4. The third kappa shape index (κ3) is 5.21. The lowest BCUT2D eigenvalue weighted by Crippen LogP contribution is -2.50. The molecule has 0 unspecified atom stereocenters. The van der Waals surface area contributed by atoms with Gasteiger partial charge in [0.05, 0.1) is 0 Å². The van der Waals surface area contributed by atoms with E-state index >= 15 is 0 Å². The summed E-state index contributed by atoms with van der Waals surface area (Å²) in [6.07, 6.45) is 1.49. The van der Waals surface area contributed by atoms with Crippen molar-refractivity contribution in [2.24, 2.45) is 5.73 Å². The Morgan fingerprint density at radius 2 is 1.92 bits per heavy atom. The van der Waals surface area contributed by atoms with E-state index in [9.17, 15) is 10.1 Å². The molecule has 1 saturated heterocycles. The molecule has 0 radical (unpaired) electrons. The average molecular weight is 342 g/mol. The van der Waals surface area contributed by atoms with E-state index in [0.717, 1.165) is 31.0 Å². The average Bonchev–Trinajstić information content (AvgIpc) is 2.63. The number of hydrogen-bond acceptors (Lipinski definition) is 6. The summed E-state index contributed by atoms with van der Waals surface area (Å²) in [6.45, 7) is 4.29. The summed E-state index contributed by atoms with van der Waals surface area (Å²) in [7, 11) is 3.95. The minimum Gasteiger partial charge on any atom is -0.378 e. The second-order valence-electron chi connectivity index (χ2n) is 6.18. The molecule has 0 spiro atoms. The fraction of sp³-hybridized carbons (Fsp3) is 0.444. The smallest absolute Gasteiger partial charge is 0.266 e. The Kier molecular flexibility index (Phi) is 6.81. The number of carbonyl (C=O) groups excluding carboxylic acids is 1. The van der Waals surface area contributed by atoms with Crippen molar-refractivity contribution in [1.82, 2.24) is 9.80 Å². The highest BCUT2D eigenvalue weighted by Gasteiger charge is 2.23. The normalized spacial score (nSPS) is 15.6. The van der Waals surface area contributed by atoms with Crippen molar-refractivity contribution in [3.8, 4) is 6.07 Å². The van der Waals surface area contributed by atoms with E-state index in [4.69, 9.17) is 5.73 Å². The molecule has 1 aliphatic heterocycles. The van der Waals surface area contributed by atoms with Gasteiger partial charge in [0.1, 0.15) is 11.6 Å². The molecule has 0 aromatic heterocycles. The van der Waals surface area contributed by atoms with Crippen LogP contribution in [0.25, 0.3) is 0 Å². The monoisotopic (exact) mass is 342 g/mol. The molecule has 134 valence electrons. The van der Waals surface area contributed by atoms with Gasteiger partial charge in [0.25, 0.3) is 5.91 Å².